The molecule has 1 unspecified atom stereocenters. The molecule has 4 heteroatoms. The number of aromatic nitrogens is 1. The number of phenolic OH excluding ortho intramolecular Hbond substituents is 1. The summed E-state index contributed by atoms with van der Waals surface area (Å²) in [6, 6.07) is 7.61. The van der Waals surface area contributed by atoms with Crippen LogP contribution < -0.4 is 5.32 Å². The van der Waals surface area contributed by atoms with Crippen molar-refractivity contribution in [3.05, 3.63) is 36.0 Å². The van der Waals surface area contributed by atoms with Gasteiger partial charge >= 0.3 is 0 Å². The highest BCUT2D eigenvalue weighted by Crippen LogP contribution is 2.26. The van der Waals surface area contributed by atoms with Crippen LogP contribution in [0.25, 0.3) is 10.9 Å². The first-order valence-corrected chi connectivity index (χ1v) is 6.96. The predicted octanol–water partition coefficient (Wildman–Crippen LogP) is 2.58. The van der Waals surface area contributed by atoms with Gasteiger partial charge in [-0.1, -0.05) is 19.1 Å². The fourth-order valence-corrected chi connectivity index (χ4v) is 2.46. The molecule has 1 heterocycles. The molecule has 3 N–H and O–H groups in total. The molecule has 0 fully saturated rings. The van der Waals surface area contributed by atoms with Crippen LogP contribution in [0.2, 0.25) is 0 Å². The Balaban J connectivity index is 2.31. The number of rotatable bonds is 5. The summed E-state index contributed by atoms with van der Waals surface area (Å²) in [6.07, 6.45) is 3.37. The zero-order valence-electron chi connectivity index (χ0n) is 12.2. The van der Waals surface area contributed by atoms with E-state index in [1.54, 1.807) is 26.1 Å². The number of hydrogen-bond acceptors (Lipinski definition) is 4. The lowest BCUT2D eigenvalue weighted by Gasteiger charge is -2.27. The van der Waals surface area contributed by atoms with Gasteiger partial charge in [-0.2, -0.15) is 0 Å². The van der Waals surface area contributed by atoms with Gasteiger partial charge in [-0.05, 0) is 44.4 Å². The van der Waals surface area contributed by atoms with Gasteiger partial charge in [-0.3, -0.25) is 10.3 Å². The molecule has 0 aliphatic rings. The van der Waals surface area contributed by atoms with Crippen molar-refractivity contribution in [2.45, 2.75) is 45.4 Å². The number of aliphatic hydroxyl groups is 1. The van der Waals surface area contributed by atoms with Crippen molar-refractivity contribution in [3.8, 4) is 5.75 Å². The molecule has 0 saturated heterocycles. The molecule has 0 amide bonds. The van der Waals surface area contributed by atoms with Gasteiger partial charge in [0.25, 0.3) is 0 Å². The van der Waals surface area contributed by atoms with Crippen LogP contribution in [0.1, 0.15) is 32.8 Å². The third-order valence-electron chi connectivity index (χ3n) is 3.36. The summed E-state index contributed by atoms with van der Waals surface area (Å²) < 4.78 is 0. The molecule has 0 aliphatic carbocycles. The first kappa shape index (κ1) is 14.8. The minimum Gasteiger partial charge on any atom is -0.506 e. The van der Waals surface area contributed by atoms with E-state index in [2.05, 4.69) is 17.2 Å². The molecule has 0 bridgehead atoms. The number of benzene rings is 1. The fraction of sp³-hybridized carbons (Fsp3) is 0.438. The Morgan fingerprint density at radius 3 is 2.70 bits per heavy atom. The maximum Gasteiger partial charge on any atom is 0.141 e. The van der Waals surface area contributed by atoms with Gasteiger partial charge in [0.1, 0.15) is 17.0 Å². The number of nitrogens with zero attached hydrogens (tertiary/aromatic N) is 1. The van der Waals surface area contributed by atoms with E-state index < -0.39 is 5.72 Å². The van der Waals surface area contributed by atoms with E-state index in [0.717, 1.165) is 23.8 Å². The minimum absolute atomic E-state index is 0.169. The maximum atomic E-state index is 9.89. The zero-order valence-corrected chi connectivity index (χ0v) is 12.2. The summed E-state index contributed by atoms with van der Waals surface area (Å²) in [5.41, 5.74) is 0.851. The van der Waals surface area contributed by atoms with Crippen molar-refractivity contribution in [1.82, 2.24) is 10.3 Å². The molecule has 108 valence electrons. The Morgan fingerprint density at radius 1 is 1.30 bits per heavy atom. The van der Waals surface area contributed by atoms with Gasteiger partial charge in [0.05, 0.1) is 0 Å². The zero-order chi connectivity index (χ0) is 14.8. The smallest absolute Gasteiger partial charge is 0.141 e. The minimum atomic E-state index is -0.897. The Kier molecular flexibility index (Phi) is 4.26. The largest absolute Gasteiger partial charge is 0.506 e. The monoisotopic (exact) mass is 274 g/mol. The van der Waals surface area contributed by atoms with E-state index >= 15 is 0 Å². The molecule has 20 heavy (non-hydrogen) atoms. The second kappa shape index (κ2) is 5.77. The van der Waals surface area contributed by atoms with Crippen LogP contribution >= 0.6 is 0 Å². The first-order valence-electron chi connectivity index (χ1n) is 6.96. The molecule has 4 nitrogen and oxygen atoms in total. The Hall–Kier alpha value is -1.65. The molecule has 1 aromatic carbocycles. The second-order valence-electron chi connectivity index (χ2n) is 5.66. The number of hydrogen-bond donors (Lipinski definition) is 3. The van der Waals surface area contributed by atoms with Crippen molar-refractivity contribution in [2.75, 3.05) is 0 Å². The maximum absolute atomic E-state index is 9.89. The summed E-state index contributed by atoms with van der Waals surface area (Å²) in [4.78, 5) is 4.23. The standard InChI is InChI=1S/C16H22N2O2/c1-4-12(18-16(2,3)20)10-11-7-8-14(19)15-13(11)6-5-9-17-15/h5-9,12,18-20H,4,10H2,1-3H3. The molecule has 2 rings (SSSR count). The molecular weight excluding hydrogens is 252 g/mol. The predicted molar refractivity (Wildman–Crippen MR) is 80.6 cm³/mol. The highest BCUT2D eigenvalue weighted by molar-refractivity contribution is 5.87. The summed E-state index contributed by atoms with van der Waals surface area (Å²) in [5.74, 6) is 0.202. The Morgan fingerprint density at radius 2 is 2.05 bits per heavy atom. The van der Waals surface area contributed by atoms with Gasteiger partial charge in [-0.25, -0.2) is 0 Å². The van der Waals surface area contributed by atoms with Crippen molar-refractivity contribution in [3.63, 3.8) is 0 Å². The molecular formula is C16H22N2O2. The summed E-state index contributed by atoms with van der Waals surface area (Å²) in [7, 11) is 0. The van der Waals surface area contributed by atoms with Crippen LogP contribution in [0.3, 0.4) is 0 Å². The van der Waals surface area contributed by atoms with Crippen LogP contribution in [-0.2, 0) is 6.42 Å². The second-order valence-corrected chi connectivity index (χ2v) is 5.66. The van der Waals surface area contributed by atoms with E-state index in [0.29, 0.717) is 5.52 Å². The van der Waals surface area contributed by atoms with E-state index in [9.17, 15) is 10.2 Å². The number of pyridine rings is 1. The quantitative estimate of drug-likeness (QED) is 0.733. The molecule has 0 saturated carbocycles. The van der Waals surface area contributed by atoms with Gasteiger partial charge in [0.2, 0.25) is 0 Å². The third-order valence-corrected chi connectivity index (χ3v) is 3.36. The van der Waals surface area contributed by atoms with Crippen LogP contribution in [0.15, 0.2) is 30.5 Å². The molecule has 0 spiro atoms. The molecule has 0 radical (unpaired) electrons. The average molecular weight is 274 g/mol. The highest BCUT2D eigenvalue weighted by atomic mass is 16.3. The Bertz CT molecular complexity index is 591. The van der Waals surface area contributed by atoms with Crippen molar-refractivity contribution >= 4 is 10.9 Å². The van der Waals surface area contributed by atoms with Gasteiger partial charge in [-0.15, -0.1) is 0 Å². The lowest BCUT2D eigenvalue weighted by atomic mass is 9.98. The molecule has 0 aliphatic heterocycles. The highest BCUT2D eigenvalue weighted by Gasteiger charge is 2.19. The van der Waals surface area contributed by atoms with E-state index in [1.807, 2.05) is 18.2 Å². The number of aromatic hydroxyl groups is 1. The average Bonchev–Trinajstić information content (AvgIpc) is 2.40. The number of nitrogens with one attached hydrogen (secondary N) is 1. The molecule has 2 aromatic rings. The van der Waals surface area contributed by atoms with Crippen molar-refractivity contribution < 1.29 is 10.2 Å². The van der Waals surface area contributed by atoms with Crippen LogP contribution in [0.5, 0.6) is 5.75 Å². The van der Waals surface area contributed by atoms with Crippen LogP contribution in [-0.4, -0.2) is 27.0 Å². The lowest BCUT2D eigenvalue weighted by Crippen LogP contribution is -2.46. The Labute approximate surface area is 119 Å². The summed E-state index contributed by atoms with van der Waals surface area (Å²) >= 11 is 0. The topological polar surface area (TPSA) is 65.4 Å². The number of fused-ring (bicyclic) bond motifs is 1. The van der Waals surface area contributed by atoms with Gasteiger partial charge in [0, 0.05) is 17.6 Å². The molecule has 1 atom stereocenters. The first-order chi connectivity index (χ1) is 9.40. The summed E-state index contributed by atoms with van der Waals surface area (Å²) in [6.45, 7) is 5.57. The van der Waals surface area contributed by atoms with Gasteiger partial charge in [0.15, 0.2) is 0 Å². The van der Waals surface area contributed by atoms with Crippen LogP contribution in [0, 0.1) is 0 Å². The normalized spacial score (nSPS) is 13.6. The van der Waals surface area contributed by atoms with Crippen molar-refractivity contribution in [1.29, 1.82) is 0 Å². The fourth-order valence-electron chi connectivity index (χ4n) is 2.46. The van der Waals surface area contributed by atoms with E-state index in [1.165, 1.54) is 0 Å². The number of phenols is 1. The van der Waals surface area contributed by atoms with Crippen LogP contribution in [0.4, 0.5) is 0 Å². The van der Waals surface area contributed by atoms with Gasteiger partial charge < -0.3 is 10.2 Å². The van der Waals surface area contributed by atoms with E-state index in [4.69, 9.17) is 0 Å². The van der Waals surface area contributed by atoms with Crippen molar-refractivity contribution in [2.24, 2.45) is 0 Å². The lowest BCUT2D eigenvalue weighted by molar-refractivity contribution is 0.0303. The van der Waals surface area contributed by atoms with E-state index in [-0.39, 0.29) is 11.8 Å². The molecule has 1 aromatic heterocycles. The third kappa shape index (κ3) is 3.46. The SMILES string of the molecule is CCC(Cc1ccc(O)c2ncccc12)NC(C)(C)O. The summed E-state index contributed by atoms with van der Waals surface area (Å²) in [5, 5.41) is 23.9.